The van der Waals surface area contributed by atoms with Crippen LogP contribution in [0.25, 0.3) is 0 Å². The van der Waals surface area contributed by atoms with Crippen LogP contribution in [0.1, 0.15) is 168 Å². The summed E-state index contributed by atoms with van der Waals surface area (Å²) in [5.74, 6) is -0.231. The largest absolute Gasteiger partial charge is 0.756 e. The number of unbranched alkanes of at least 4 members (excludes halogenated alkanes) is 15. The highest BCUT2D eigenvalue weighted by molar-refractivity contribution is 7.45. The van der Waals surface area contributed by atoms with Gasteiger partial charge in [-0.1, -0.05) is 170 Å². The molecule has 0 spiro atoms. The fraction of sp³-hybridized carbons (Fsp3) is 0.694. The number of quaternary nitrogens is 1. The van der Waals surface area contributed by atoms with Crippen molar-refractivity contribution in [2.45, 2.75) is 180 Å². The summed E-state index contributed by atoms with van der Waals surface area (Å²) in [4.78, 5) is 25.3. The molecule has 1 amide bonds. The molecule has 0 aliphatic rings. The van der Waals surface area contributed by atoms with E-state index in [1.165, 1.54) is 57.8 Å². The van der Waals surface area contributed by atoms with Gasteiger partial charge in [0.25, 0.3) is 7.82 Å². The van der Waals surface area contributed by atoms with Crippen molar-refractivity contribution in [3.05, 3.63) is 85.1 Å². The molecule has 334 valence electrons. The maximum atomic E-state index is 12.9. The van der Waals surface area contributed by atoms with Crippen molar-refractivity contribution in [3.63, 3.8) is 0 Å². The minimum Gasteiger partial charge on any atom is -0.756 e. The van der Waals surface area contributed by atoms with E-state index in [1.54, 1.807) is 6.08 Å². The Labute approximate surface area is 356 Å². The van der Waals surface area contributed by atoms with E-state index in [0.717, 1.165) is 89.9 Å². The number of phosphoric ester groups is 1. The second kappa shape index (κ2) is 40.1. The Hall–Kier alpha value is -2.32. The summed E-state index contributed by atoms with van der Waals surface area (Å²) in [5, 5.41) is 13.8. The fourth-order valence-corrected chi connectivity index (χ4v) is 6.68. The quantitative estimate of drug-likeness (QED) is 0.0276. The van der Waals surface area contributed by atoms with Gasteiger partial charge in [0.1, 0.15) is 13.2 Å². The highest BCUT2D eigenvalue weighted by atomic mass is 31.2. The number of rotatable bonds is 40. The lowest BCUT2D eigenvalue weighted by Gasteiger charge is -2.29. The third-order valence-corrected chi connectivity index (χ3v) is 10.6. The minimum absolute atomic E-state index is 0.0152. The third-order valence-electron chi connectivity index (χ3n) is 9.59. The second-order valence-electron chi connectivity index (χ2n) is 16.4. The summed E-state index contributed by atoms with van der Waals surface area (Å²) in [7, 11) is 1.21. The normalized spacial score (nSPS) is 15.1. The van der Waals surface area contributed by atoms with Gasteiger partial charge in [0.2, 0.25) is 5.91 Å². The monoisotopic (exact) mass is 831 g/mol. The topological polar surface area (TPSA) is 108 Å². The Morgan fingerprint density at radius 1 is 0.621 bits per heavy atom. The van der Waals surface area contributed by atoms with Crippen LogP contribution >= 0.6 is 7.82 Å². The SMILES string of the molecule is CC/C=C\C/C=C\C/C=C\C/C=C\C/C=C\CCCCCCCC(=O)NC(COP(=O)([O-])OCC[N+](C)(C)C)C(O)/C=C/CC/C=C/CCCCCCCCCCC. The molecule has 9 heteroatoms. The van der Waals surface area contributed by atoms with Crippen LogP contribution < -0.4 is 10.2 Å². The van der Waals surface area contributed by atoms with E-state index in [1.807, 2.05) is 27.2 Å². The zero-order valence-corrected chi connectivity index (χ0v) is 38.6. The van der Waals surface area contributed by atoms with Gasteiger partial charge < -0.3 is 28.8 Å². The smallest absolute Gasteiger partial charge is 0.268 e. The molecule has 0 heterocycles. The van der Waals surface area contributed by atoms with E-state index in [-0.39, 0.29) is 12.5 Å². The molecule has 0 aromatic carbocycles. The summed E-state index contributed by atoms with van der Waals surface area (Å²) in [5.41, 5.74) is 0. The number of hydrogen-bond acceptors (Lipinski definition) is 6. The Kier molecular flexibility index (Phi) is 38.5. The van der Waals surface area contributed by atoms with E-state index in [0.29, 0.717) is 17.4 Å². The molecule has 8 nitrogen and oxygen atoms in total. The van der Waals surface area contributed by atoms with Crippen LogP contribution in [0, 0.1) is 0 Å². The van der Waals surface area contributed by atoms with Crippen LogP contribution in [-0.4, -0.2) is 68.5 Å². The summed E-state index contributed by atoms with van der Waals surface area (Å²) in [6.45, 7) is 4.47. The number of aliphatic hydroxyl groups excluding tert-OH is 1. The molecule has 58 heavy (non-hydrogen) atoms. The number of hydrogen-bond donors (Lipinski definition) is 2. The highest BCUT2D eigenvalue weighted by Crippen LogP contribution is 2.38. The number of amides is 1. The molecule has 0 fully saturated rings. The van der Waals surface area contributed by atoms with Gasteiger partial charge in [-0.25, -0.2) is 0 Å². The molecular formula is C49H87N2O6P. The number of phosphoric acid groups is 1. The predicted octanol–water partition coefficient (Wildman–Crippen LogP) is 12.3. The lowest BCUT2D eigenvalue weighted by Crippen LogP contribution is -2.45. The third kappa shape index (κ3) is 41.8. The predicted molar refractivity (Wildman–Crippen MR) is 246 cm³/mol. The average Bonchev–Trinajstić information content (AvgIpc) is 3.17. The zero-order valence-electron chi connectivity index (χ0n) is 37.7. The lowest BCUT2D eigenvalue weighted by atomic mass is 10.1. The number of aliphatic hydroxyl groups is 1. The van der Waals surface area contributed by atoms with Crippen LogP contribution in [0.4, 0.5) is 0 Å². The highest BCUT2D eigenvalue weighted by Gasteiger charge is 2.23. The molecule has 0 rings (SSSR count). The van der Waals surface area contributed by atoms with Crippen molar-refractivity contribution >= 4 is 13.7 Å². The first kappa shape index (κ1) is 55.7. The summed E-state index contributed by atoms with van der Waals surface area (Å²) < 4.78 is 23.2. The van der Waals surface area contributed by atoms with Crippen LogP contribution in [0.15, 0.2) is 85.1 Å². The van der Waals surface area contributed by atoms with Crippen molar-refractivity contribution in [1.29, 1.82) is 0 Å². The van der Waals surface area contributed by atoms with Gasteiger partial charge in [-0.3, -0.25) is 9.36 Å². The van der Waals surface area contributed by atoms with Crippen molar-refractivity contribution in [3.8, 4) is 0 Å². The molecule has 0 saturated heterocycles. The Morgan fingerprint density at radius 3 is 1.60 bits per heavy atom. The molecule has 0 bridgehead atoms. The number of allylic oxidation sites excluding steroid dienone is 13. The summed E-state index contributed by atoms with van der Waals surface area (Å²) in [6.07, 6.45) is 54.9. The van der Waals surface area contributed by atoms with E-state index < -0.39 is 26.6 Å². The number of nitrogens with zero attached hydrogens (tertiary/aromatic N) is 1. The molecular weight excluding hydrogens is 744 g/mol. The molecule has 0 aromatic rings. The first-order chi connectivity index (χ1) is 28.0. The maximum Gasteiger partial charge on any atom is 0.268 e. The van der Waals surface area contributed by atoms with E-state index in [4.69, 9.17) is 9.05 Å². The number of carbonyl (C=O) groups excluding carboxylic acids is 1. The van der Waals surface area contributed by atoms with Gasteiger partial charge in [-0.05, 0) is 77.0 Å². The molecule has 0 saturated carbocycles. The number of likely N-dealkylation sites (N-methyl/N-ethyl adjacent to an activating group) is 1. The Balaban J connectivity index is 4.50. The van der Waals surface area contributed by atoms with Crippen LogP contribution in [0.2, 0.25) is 0 Å². The molecule has 3 atom stereocenters. The standard InChI is InChI=1S/C49H87N2O6P/c1-6-8-10-12-14-16-18-20-22-23-24-25-26-27-29-31-33-35-37-39-41-43-49(53)50-47(46-57-58(54,55)56-45-44-51(3,4)5)48(52)42-40-38-36-34-32-30-28-21-19-17-15-13-11-9-7-2/h8,10,14,16,20,22,24-25,27,29,32,34,40,42,47-48,52H,6-7,9,11-13,15,17-19,21,23,26,28,30-31,33,35-39,41,43-46H2,1-5H3,(H-,50,53,54,55)/b10-8-,16-14-,22-20-,25-24-,29-27-,34-32+,42-40+. The molecule has 0 aromatic heterocycles. The van der Waals surface area contributed by atoms with Gasteiger partial charge in [-0.15, -0.1) is 0 Å². The Morgan fingerprint density at radius 2 is 1.07 bits per heavy atom. The number of carbonyl (C=O) groups is 1. The van der Waals surface area contributed by atoms with E-state index in [2.05, 4.69) is 92.1 Å². The maximum absolute atomic E-state index is 12.9. The molecule has 0 radical (unpaired) electrons. The van der Waals surface area contributed by atoms with Gasteiger partial charge in [0.05, 0.1) is 39.9 Å². The van der Waals surface area contributed by atoms with E-state index in [9.17, 15) is 19.4 Å². The summed E-state index contributed by atoms with van der Waals surface area (Å²) >= 11 is 0. The summed E-state index contributed by atoms with van der Waals surface area (Å²) in [6, 6.07) is -0.918. The van der Waals surface area contributed by atoms with Crippen molar-refractivity contribution in [2.75, 3.05) is 40.9 Å². The molecule has 3 unspecified atom stereocenters. The first-order valence-corrected chi connectivity index (χ1v) is 24.4. The van der Waals surface area contributed by atoms with Crippen LogP contribution in [-0.2, 0) is 18.4 Å². The van der Waals surface area contributed by atoms with Gasteiger partial charge in [0, 0.05) is 6.42 Å². The molecule has 2 N–H and O–H groups in total. The van der Waals surface area contributed by atoms with Crippen molar-refractivity contribution in [1.82, 2.24) is 5.32 Å². The number of nitrogens with one attached hydrogen (secondary N) is 1. The second-order valence-corrected chi connectivity index (χ2v) is 17.8. The van der Waals surface area contributed by atoms with Gasteiger partial charge in [0.15, 0.2) is 0 Å². The lowest BCUT2D eigenvalue weighted by molar-refractivity contribution is -0.870. The Bertz CT molecular complexity index is 1220. The van der Waals surface area contributed by atoms with Gasteiger partial charge >= 0.3 is 0 Å². The average molecular weight is 831 g/mol. The fourth-order valence-electron chi connectivity index (χ4n) is 5.96. The first-order valence-electron chi connectivity index (χ1n) is 22.9. The molecule has 0 aliphatic carbocycles. The minimum atomic E-state index is -4.61. The van der Waals surface area contributed by atoms with Crippen LogP contribution in [0.5, 0.6) is 0 Å². The van der Waals surface area contributed by atoms with Crippen molar-refractivity contribution in [2.24, 2.45) is 0 Å². The molecule has 0 aliphatic heterocycles. The zero-order chi connectivity index (χ0) is 42.8. The van der Waals surface area contributed by atoms with Gasteiger partial charge in [-0.2, -0.15) is 0 Å². The van der Waals surface area contributed by atoms with Crippen molar-refractivity contribution < 1.29 is 32.9 Å². The van der Waals surface area contributed by atoms with E-state index >= 15 is 0 Å². The van der Waals surface area contributed by atoms with Crippen LogP contribution in [0.3, 0.4) is 0 Å².